The van der Waals surface area contributed by atoms with Gasteiger partial charge in [0.15, 0.2) is 0 Å². The zero-order valence-corrected chi connectivity index (χ0v) is 16.2. The minimum atomic E-state index is -4.29. The fourth-order valence-electron chi connectivity index (χ4n) is 4.39. The molecule has 2 aromatic rings. The maximum absolute atomic E-state index is 12.7. The van der Waals surface area contributed by atoms with Crippen LogP contribution >= 0.6 is 0 Å². The predicted molar refractivity (Wildman–Crippen MR) is 105 cm³/mol. The lowest BCUT2D eigenvalue weighted by atomic mass is 9.90. The summed E-state index contributed by atoms with van der Waals surface area (Å²) in [6, 6.07) is 15.3. The number of carbonyl (C=O) groups is 1. The molecule has 4 rings (SSSR count). The van der Waals surface area contributed by atoms with E-state index in [1.807, 2.05) is 30.3 Å². The monoisotopic (exact) mass is 402 g/mol. The van der Waals surface area contributed by atoms with E-state index >= 15 is 0 Å². The zero-order chi connectivity index (χ0) is 20.5. The van der Waals surface area contributed by atoms with E-state index in [2.05, 4.69) is 10.2 Å². The molecule has 1 heterocycles. The number of rotatable bonds is 5. The average molecular weight is 402 g/mol. The minimum Gasteiger partial charge on any atom is -0.352 e. The highest BCUT2D eigenvalue weighted by atomic mass is 19.4. The van der Waals surface area contributed by atoms with Crippen molar-refractivity contribution in [1.29, 1.82) is 0 Å². The van der Waals surface area contributed by atoms with Crippen LogP contribution in [0.25, 0.3) is 0 Å². The second-order valence-corrected chi connectivity index (χ2v) is 8.29. The molecule has 1 saturated carbocycles. The summed E-state index contributed by atoms with van der Waals surface area (Å²) in [5.74, 6) is 0.240. The lowest BCUT2D eigenvalue weighted by Crippen LogP contribution is -2.36. The zero-order valence-electron chi connectivity index (χ0n) is 16.2. The molecule has 1 spiro atoms. The van der Waals surface area contributed by atoms with Gasteiger partial charge in [0.2, 0.25) is 5.91 Å². The molecule has 1 amide bonds. The highest BCUT2D eigenvalue weighted by Gasteiger charge is 2.58. The van der Waals surface area contributed by atoms with Gasteiger partial charge >= 0.3 is 6.18 Å². The molecule has 2 aromatic carbocycles. The molecule has 0 aromatic heterocycles. The van der Waals surface area contributed by atoms with Gasteiger partial charge in [0.1, 0.15) is 0 Å². The van der Waals surface area contributed by atoms with Crippen LogP contribution in [0.1, 0.15) is 36.0 Å². The van der Waals surface area contributed by atoms with E-state index in [9.17, 15) is 18.0 Å². The smallest absolute Gasteiger partial charge is 0.352 e. The van der Waals surface area contributed by atoms with Gasteiger partial charge in [0.25, 0.3) is 0 Å². The molecule has 2 aliphatic rings. The van der Waals surface area contributed by atoms with Crippen molar-refractivity contribution in [3.8, 4) is 0 Å². The van der Waals surface area contributed by atoms with Gasteiger partial charge in [-0.1, -0.05) is 42.5 Å². The number of nitrogens with one attached hydrogen (secondary N) is 1. The highest BCUT2D eigenvalue weighted by molar-refractivity contribution is 5.82. The SMILES string of the molecule is O=C(NCc1ccccc1)[C@@H]1CC12CCN(Cc1ccc(C(F)(F)F)cc1)CC2. The summed E-state index contributed by atoms with van der Waals surface area (Å²) >= 11 is 0. The molecule has 1 saturated heterocycles. The van der Waals surface area contributed by atoms with Crippen LogP contribution in [0.4, 0.5) is 13.2 Å². The maximum atomic E-state index is 12.7. The number of piperidine rings is 1. The Balaban J connectivity index is 1.24. The van der Waals surface area contributed by atoms with Gasteiger partial charge < -0.3 is 5.32 Å². The second kappa shape index (κ2) is 7.82. The van der Waals surface area contributed by atoms with Crippen LogP contribution < -0.4 is 5.32 Å². The quantitative estimate of drug-likeness (QED) is 0.791. The third-order valence-electron chi connectivity index (χ3n) is 6.36. The first-order valence-electron chi connectivity index (χ1n) is 10.1. The van der Waals surface area contributed by atoms with Crippen LogP contribution in [0.3, 0.4) is 0 Å². The van der Waals surface area contributed by atoms with E-state index in [1.165, 1.54) is 0 Å². The Hall–Kier alpha value is -2.34. The largest absolute Gasteiger partial charge is 0.416 e. The first-order chi connectivity index (χ1) is 13.9. The van der Waals surface area contributed by atoms with Crippen LogP contribution in [0.2, 0.25) is 0 Å². The first kappa shape index (κ1) is 20.0. The van der Waals surface area contributed by atoms with E-state index in [4.69, 9.17) is 0 Å². The Bertz CT molecular complexity index is 841. The molecule has 1 aliphatic heterocycles. The first-order valence-corrected chi connectivity index (χ1v) is 10.1. The van der Waals surface area contributed by atoms with E-state index in [0.29, 0.717) is 13.1 Å². The fraction of sp³-hybridized carbons (Fsp3) is 0.435. The molecule has 0 bridgehead atoms. The number of halogens is 3. The second-order valence-electron chi connectivity index (χ2n) is 8.29. The molecule has 1 N–H and O–H groups in total. The van der Waals surface area contributed by atoms with E-state index in [1.54, 1.807) is 12.1 Å². The molecular weight excluding hydrogens is 377 g/mol. The van der Waals surface area contributed by atoms with Crippen LogP contribution in [-0.2, 0) is 24.1 Å². The fourth-order valence-corrected chi connectivity index (χ4v) is 4.39. The lowest BCUT2D eigenvalue weighted by molar-refractivity contribution is -0.137. The summed E-state index contributed by atoms with van der Waals surface area (Å²) in [7, 11) is 0. The van der Waals surface area contributed by atoms with Crippen LogP contribution in [0.15, 0.2) is 54.6 Å². The van der Waals surface area contributed by atoms with Crippen molar-refractivity contribution in [3.63, 3.8) is 0 Å². The standard InChI is InChI=1S/C23H25F3N2O/c24-23(25,26)19-8-6-18(7-9-19)16-28-12-10-22(11-13-28)14-20(22)21(29)27-15-17-4-2-1-3-5-17/h1-9,20H,10-16H2,(H,27,29)/t20-/m0/s1. The molecule has 6 heteroatoms. The molecule has 0 unspecified atom stereocenters. The van der Waals surface area contributed by atoms with Crippen molar-refractivity contribution < 1.29 is 18.0 Å². The molecule has 29 heavy (non-hydrogen) atoms. The number of benzene rings is 2. The number of hydrogen-bond acceptors (Lipinski definition) is 2. The number of carbonyl (C=O) groups excluding carboxylic acids is 1. The third-order valence-corrected chi connectivity index (χ3v) is 6.36. The Morgan fingerprint density at radius 2 is 1.66 bits per heavy atom. The summed E-state index contributed by atoms with van der Waals surface area (Å²) < 4.78 is 38.0. The van der Waals surface area contributed by atoms with E-state index < -0.39 is 11.7 Å². The van der Waals surface area contributed by atoms with E-state index in [-0.39, 0.29) is 17.2 Å². The molecule has 154 valence electrons. The van der Waals surface area contributed by atoms with Gasteiger partial charge in [0.05, 0.1) is 5.56 Å². The Labute approximate surface area is 168 Å². The summed E-state index contributed by atoms with van der Waals surface area (Å²) in [5.41, 5.74) is 1.50. The highest BCUT2D eigenvalue weighted by Crippen LogP contribution is 2.59. The third kappa shape index (κ3) is 4.64. The molecule has 0 radical (unpaired) electrons. The molecule has 2 fully saturated rings. The van der Waals surface area contributed by atoms with Crippen molar-refractivity contribution in [3.05, 3.63) is 71.3 Å². The Morgan fingerprint density at radius 1 is 1.00 bits per heavy atom. The van der Waals surface area contributed by atoms with Gasteiger partial charge in [-0.15, -0.1) is 0 Å². The lowest BCUT2D eigenvalue weighted by Gasteiger charge is -2.32. The molecule has 1 aliphatic carbocycles. The molecular formula is C23H25F3N2O. The van der Waals surface area contributed by atoms with Crippen molar-refractivity contribution in [2.24, 2.45) is 11.3 Å². The average Bonchev–Trinajstić information content (AvgIpc) is 3.42. The van der Waals surface area contributed by atoms with Crippen LogP contribution in [0, 0.1) is 11.3 Å². The molecule has 1 atom stereocenters. The van der Waals surface area contributed by atoms with Crippen molar-refractivity contribution in [1.82, 2.24) is 10.2 Å². The summed E-state index contributed by atoms with van der Waals surface area (Å²) in [6.07, 6.45) is -1.41. The maximum Gasteiger partial charge on any atom is 0.416 e. The number of alkyl halides is 3. The van der Waals surface area contributed by atoms with Crippen molar-refractivity contribution in [2.75, 3.05) is 13.1 Å². The number of nitrogens with zero attached hydrogens (tertiary/aromatic N) is 1. The number of likely N-dealkylation sites (tertiary alicyclic amines) is 1. The van der Waals surface area contributed by atoms with Crippen molar-refractivity contribution >= 4 is 5.91 Å². The van der Waals surface area contributed by atoms with Gasteiger partial charge in [0, 0.05) is 19.0 Å². The van der Waals surface area contributed by atoms with Crippen LogP contribution in [0.5, 0.6) is 0 Å². The van der Waals surface area contributed by atoms with Gasteiger partial charge in [-0.05, 0) is 61.0 Å². The Kier molecular flexibility index (Phi) is 5.38. The predicted octanol–water partition coefficient (Wildman–Crippen LogP) is 4.62. The number of amides is 1. The summed E-state index contributed by atoms with van der Waals surface area (Å²) in [5, 5.41) is 3.06. The summed E-state index contributed by atoms with van der Waals surface area (Å²) in [4.78, 5) is 14.8. The number of hydrogen-bond donors (Lipinski definition) is 1. The molecule has 3 nitrogen and oxygen atoms in total. The van der Waals surface area contributed by atoms with Gasteiger partial charge in [-0.3, -0.25) is 9.69 Å². The van der Waals surface area contributed by atoms with Gasteiger partial charge in [-0.25, -0.2) is 0 Å². The van der Waals surface area contributed by atoms with Gasteiger partial charge in [-0.2, -0.15) is 13.2 Å². The Morgan fingerprint density at radius 3 is 2.28 bits per heavy atom. The van der Waals surface area contributed by atoms with Crippen LogP contribution in [-0.4, -0.2) is 23.9 Å². The van der Waals surface area contributed by atoms with Crippen molar-refractivity contribution in [2.45, 2.75) is 38.5 Å². The van der Waals surface area contributed by atoms with E-state index in [0.717, 1.165) is 55.6 Å². The topological polar surface area (TPSA) is 32.3 Å². The minimum absolute atomic E-state index is 0.0967. The summed E-state index contributed by atoms with van der Waals surface area (Å²) in [6.45, 7) is 2.97. The normalized spacial score (nSPS) is 21.1.